The third-order valence-corrected chi connectivity index (χ3v) is 4.35. The molecule has 24 heavy (non-hydrogen) atoms. The molecule has 2 aromatic heterocycles. The van der Waals surface area contributed by atoms with Gasteiger partial charge < -0.3 is 0 Å². The van der Waals surface area contributed by atoms with E-state index in [0.29, 0.717) is 0 Å². The highest BCUT2D eigenvalue weighted by Crippen LogP contribution is 2.06. The molecule has 122 valence electrons. The van der Waals surface area contributed by atoms with Crippen LogP contribution in [-0.2, 0) is 25.9 Å². The minimum Gasteiger partial charge on any atom is -0.205 e. The summed E-state index contributed by atoms with van der Waals surface area (Å²) in [5.74, 6) is 0. The van der Waals surface area contributed by atoms with Gasteiger partial charge in [0.15, 0.2) is 37.9 Å². The van der Waals surface area contributed by atoms with Crippen LogP contribution in [0.2, 0.25) is 0 Å². The summed E-state index contributed by atoms with van der Waals surface area (Å²) >= 11 is 0. The standard InChI is InChI=1S/C22H26N2/c1-19-5-3-13-23(17-19)15-11-21-7-9-22(10-8-21)12-16-24-14-4-6-20(2)18-24/h3-10,13-14,17-18H,11-12,15-16H2,1-2H3/q+2. The number of pyridine rings is 2. The molecule has 3 rings (SSSR count). The topological polar surface area (TPSA) is 7.76 Å². The maximum Gasteiger partial charge on any atom is 0.171 e. The van der Waals surface area contributed by atoms with Crippen molar-refractivity contribution in [3.8, 4) is 0 Å². The van der Waals surface area contributed by atoms with E-state index in [0.717, 1.165) is 25.9 Å². The zero-order valence-electron chi connectivity index (χ0n) is 14.7. The van der Waals surface area contributed by atoms with Gasteiger partial charge in [-0.3, -0.25) is 0 Å². The van der Waals surface area contributed by atoms with Gasteiger partial charge >= 0.3 is 0 Å². The molecule has 0 unspecified atom stereocenters. The van der Waals surface area contributed by atoms with Gasteiger partial charge in [-0.15, -0.1) is 0 Å². The van der Waals surface area contributed by atoms with Gasteiger partial charge in [-0.2, -0.15) is 0 Å². The van der Waals surface area contributed by atoms with Crippen molar-refractivity contribution in [3.05, 3.63) is 95.6 Å². The van der Waals surface area contributed by atoms with Gasteiger partial charge in [0.05, 0.1) is 0 Å². The first-order valence-electron chi connectivity index (χ1n) is 8.68. The van der Waals surface area contributed by atoms with E-state index in [9.17, 15) is 0 Å². The van der Waals surface area contributed by atoms with Gasteiger partial charge in [-0.1, -0.05) is 24.3 Å². The molecule has 2 heterocycles. The Hall–Kier alpha value is -2.48. The maximum atomic E-state index is 2.27. The third-order valence-electron chi connectivity index (χ3n) is 4.35. The predicted octanol–water partition coefficient (Wildman–Crippen LogP) is 3.36. The van der Waals surface area contributed by atoms with Crippen molar-refractivity contribution >= 4 is 0 Å². The number of aryl methyl sites for hydroxylation is 6. The summed E-state index contributed by atoms with van der Waals surface area (Å²) < 4.78 is 4.52. The minimum absolute atomic E-state index is 1.03. The molecule has 2 nitrogen and oxygen atoms in total. The van der Waals surface area contributed by atoms with Crippen molar-refractivity contribution in [2.24, 2.45) is 0 Å². The summed E-state index contributed by atoms with van der Waals surface area (Å²) in [6.45, 7) is 6.33. The van der Waals surface area contributed by atoms with Crippen LogP contribution in [0.25, 0.3) is 0 Å². The second kappa shape index (κ2) is 7.87. The molecule has 0 N–H and O–H groups in total. The van der Waals surface area contributed by atoms with Crippen molar-refractivity contribution in [2.45, 2.75) is 39.8 Å². The number of hydrogen-bond acceptors (Lipinski definition) is 0. The van der Waals surface area contributed by atoms with E-state index in [4.69, 9.17) is 0 Å². The molecule has 0 aliphatic rings. The lowest BCUT2D eigenvalue weighted by Gasteiger charge is -2.03. The van der Waals surface area contributed by atoms with Crippen molar-refractivity contribution < 1.29 is 9.13 Å². The van der Waals surface area contributed by atoms with E-state index >= 15 is 0 Å². The molecule has 0 saturated carbocycles. The smallest absolute Gasteiger partial charge is 0.171 e. The molecule has 0 saturated heterocycles. The molecule has 3 aromatic rings. The average Bonchev–Trinajstić information content (AvgIpc) is 2.59. The molecule has 0 aliphatic heterocycles. The van der Waals surface area contributed by atoms with Crippen LogP contribution in [0.4, 0.5) is 0 Å². The summed E-state index contributed by atoms with van der Waals surface area (Å²) in [6.07, 6.45) is 10.8. The fourth-order valence-electron chi connectivity index (χ4n) is 2.97. The second-order valence-electron chi connectivity index (χ2n) is 6.55. The molecule has 0 bridgehead atoms. The quantitative estimate of drug-likeness (QED) is 0.616. The highest BCUT2D eigenvalue weighted by Gasteiger charge is 2.04. The Kier molecular flexibility index (Phi) is 5.37. The first-order chi connectivity index (χ1) is 11.7. The second-order valence-corrected chi connectivity index (χ2v) is 6.55. The van der Waals surface area contributed by atoms with Crippen LogP contribution < -0.4 is 9.13 Å². The molecular formula is C22H26N2+2. The first-order valence-corrected chi connectivity index (χ1v) is 8.68. The number of nitrogens with zero attached hydrogens (tertiary/aromatic N) is 2. The Morgan fingerprint density at radius 1 is 0.625 bits per heavy atom. The van der Waals surface area contributed by atoms with E-state index in [-0.39, 0.29) is 0 Å². The molecule has 0 amide bonds. The monoisotopic (exact) mass is 318 g/mol. The Bertz CT molecular complexity index is 723. The Morgan fingerprint density at radius 3 is 1.42 bits per heavy atom. The molecule has 0 atom stereocenters. The van der Waals surface area contributed by atoms with Gasteiger partial charge in [-0.25, -0.2) is 9.13 Å². The molecule has 0 spiro atoms. The van der Waals surface area contributed by atoms with Crippen molar-refractivity contribution in [3.63, 3.8) is 0 Å². The van der Waals surface area contributed by atoms with E-state index in [1.807, 2.05) is 0 Å². The number of aromatic nitrogens is 2. The molecule has 0 fully saturated rings. The van der Waals surface area contributed by atoms with Gasteiger partial charge in [-0.05, 0) is 37.1 Å². The molecular weight excluding hydrogens is 292 g/mol. The van der Waals surface area contributed by atoms with Crippen molar-refractivity contribution in [1.82, 2.24) is 0 Å². The number of hydrogen-bond donors (Lipinski definition) is 0. The summed E-state index contributed by atoms with van der Waals surface area (Å²) in [7, 11) is 0. The SMILES string of the molecule is Cc1ccc[n+](CCc2ccc(CC[n+]3cccc(C)c3)cc2)c1. The lowest BCUT2D eigenvalue weighted by molar-refractivity contribution is -0.697. The number of rotatable bonds is 6. The lowest BCUT2D eigenvalue weighted by Crippen LogP contribution is -2.34. The zero-order valence-corrected chi connectivity index (χ0v) is 14.7. The van der Waals surface area contributed by atoms with E-state index < -0.39 is 0 Å². The van der Waals surface area contributed by atoms with E-state index in [2.05, 4.69) is 96.3 Å². The fourth-order valence-corrected chi connectivity index (χ4v) is 2.97. The van der Waals surface area contributed by atoms with Crippen molar-refractivity contribution in [2.75, 3.05) is 0 Å². The van der Waals surface area contributed by atoms with Crippen LogP contribution >= 0.6 is 0 Å². The molecule has 0 radical (unpaired) electrons. The zero-order chi connectivity index (χ0) is 16.8. The largest absolute Gasteiger partial charge is 0.205 e. The molecule has 1 aromatic carbocycles. The predicted molar refractivity (Wildman–Crippen MR) is 96.6 cm³/mol. The third kappa shape index (κ3) is 4.76. The Morgan fingerprint density at radius 2 is 1.04 bits per heavy atom. The average molecular weight is 318 g/mol. The van der Waals surface area contributed by atoms with Gasteiger partial charge in [0.25, 0.3) is 0 Å². The summed E-state index contributed by atoms with van der Waals surface area (Å²) in [5, 5.41) is 0. The van der Waals surface area contributed by atoms with Crippen LogP contribution in [0.15, 0.2) is 73.3 Å². The lowest BCUT2D eigenvalue weighted by atomic mass is 10.1. The van der Waals surface area contributed by atoms with Gasteiger partial charge in [0.1, 0.15) is 0 Å². The fraction of sp³-hybridized carbons (Fsp3) is 0.273. The minimum atomic E-state index is 1.03. The van der Waals surface area contributed by atoms with Crippen LogP contribution in [0.5, 0.6) is 0 Å². The van der Waals surface area contributed by atoms with Crippen LogP contribution in [0.3, 0.4) is 0 Å². The first kappa shape index (κ1) is 16.4. The van der Waals surface area contributed by atoms with Crippen LogP contribution in [0.1, 0.15) is 22.3 Å². The Labute approximate surface area is 145 Å². The highest BCUT2D eigenvalue weighted by atomic mass is 14.9. The molecule has 0 aliphatic carbocycles. The highest BCUT2D eigenvalue weighted by molar-refractivity contribution is 5.22. The summed E-state index contributed by atoms with van der Waals surface area (Å²) in [4.78, 5) is 0. The normalized spacial score (nSPS) is 10.8. The Balaban J connectivity index is 1.53. The van der Waals surface area contributed by atoms with Gasteiger partial charge in [0, 0.05) is 36.1 Å². The van der Waals surface area contributed by atoms with Gasteiger partial charge in [0.2, 0.25) is 0 Å². The van der Waals surface area contributed by atoms with E-state index in [1.54, 1.807) is 0 Å². The summed E-state index contributed by atoms with van der Waals surface area (Å²) in [6, 6.07) is 17.6. The van der Waals surface area contributed by atoms with Crippen LogP contribution in [-0.4, -0.2) is 0 Å². The number of benzene rings is 1. The maximum absolute atomic E-state index is 2.27. The van der Waals surface area contributed by atoms with Crippen molar-refractivity contribution in [1.29, 1.82) is 0 Å². The van der Waals surface area contributed by atoms with Crippen LogP contribution in [0, 0.1) is 13.8 Å². The summed E-state index contributed by atoms with van der Waals surface area (Å²) in [5.41, 5.74) is 5.41. The van der Waals surface area contributed by atoms with E-state index in [1.165, 1.54) is 22.3 Å². The molecule has 2 heteroatoms.